The number of hydrogen-bond acceptors (Lipinski definition) is 1. The Kier molecular flexibility index (Phi) is 4.16. The molecule has 0 saturated carbocycles. The van der Waals surface area contributed by atoms with E-state index in [4.69, 9.17) is 0 Å². The van der Waals surface area contributed by atoms with Crippen LogP contribution in [0.4, 0.5) is 8.78 Å². The molecule has 0 aliphatic rings. The molecule has 1 aromatic rings. The Hall–Kier alpha value is -0.810. The molecule has 0 spiro atoms. The van der Waals surface area contributed by atoms with Crippen LogP contribution >= 0.6 is 15.9 Å². The van der Waals surface area contributed by atoms with Crippen LogP contribution in [0.2, 0.25) is 0 Å². The van der Waals surface area contributed by atoms with Crippen molar-refractivity contribution in [3.05, 3.63) is 34.3 Å². The third-order valence-corrected chi connectivity index (χ3v) is 1.91. The lowest BCUT2D eigenvalue weighted by Gasteiger charge is -2.07. The molecule has 13 heavy (non-hydrogen) atoms. The molecule has 0 aromatic heterocycles. The van der Waals surface area contributed by atoms with Crippen molar-refractivity contribution < 1.29 is 19.1 Å². The zero-order valence-electron chi connectivity index (χ0n) is 6.43. The van der Waals surface area contributed by atoms with E-state index in [1.54, 1.807) is 0 Å². The third kappa shape index (κ3) is 2.86. The van der Waals surface area contributed by atoms with Gasteiger partial charge in [0.25, 0.3) is 0 Å². The second kappa shape index (κ2) is 4.43. The molecule has 0 bridgehead atoms. The number of carbonyl (C=O) groups excluding carboxylic acids is 1. The van der Waals surface area contributed by atoms with Crippen molar-refractivity contribution in [2.45, 2.75) is 5.92 Å². The van der Waals surface area contributed by atoms with Gasteiger partial charge < -0.3 is 5.48 Å². The number of alkyl halides is 2. The summed E-state index contributed by atoms with van der Waals surface area (Å²) in [6, 6.07) is 5.34. The van der Waals surface area contributed by atoms with E-state index in [2.05, 4.69) is 15.9 Å². The van der Waals surface area contributed by atoms with Crippen molar-refractivity contribution in [1.82, 2.24) is 0 Å². The predicted octanol–water partition coefficient (Wildman–Crippen LogP) is 1.92. The van der Waals surface area contributed by atoms with Crippen molar-refractivity contribution in [3.8, 4) is 0 Å². The van der Waals surface area contributed by atoms with Crippen LogP contribution in [0.15, 0.2) is 28.7 Å². The second-order valence-corrected chi connectivity index (χ2v) is 3.16. The molecule has 0 fully saturated rings. The van der Waals surface area contributed by atoms with Gasteiger partial charge in [-0.05, 0) is 12.1 Å². The zero-order chi connectivity index (χ0) is 9.19. The molecule has 2 nitrogen and oxygen atoms in total. The number of carbonyl (C=O) groups is 1. The highest BCUT2D eigenvalue weighted by Crippen LogP contribution is 2.26. The normalized spacial score (nSPS) is 10.4. The van der Waals surface area contributed by atoms with Crippen LogP contribution in [0, 0.1) is 0 Å². The van der Waals surface area contributed by atoms with Crippen LogP contribution in [0.25, 0.3) is 0 Å². The van der Waals surface area contributed by atoms with Gasteiger partial charge in [0, 0.05) is 10.0 Å². The summed E-state index contributed by atoms with van der Waals surface area (Å²) in [5.74, 6) is -3.37. The lowest BCUT2D eigenvalue weighted by molar-refractivity contribution is -0.130. The smallest absolute Gasteiger partial charge is 0.327 e. The van der Waals surface area contributed by atoms with Crippen molar-refractivity contribution in [1.29, 1.82) is 0 Å². The van der Waals surface area contributed by atoms with Gasteiger partial charge in [-0.1, -0.05) is 28.1 Å². The van der Waals surface area contributed by atoms with Gasteiger partial charge in [0.1, 0.15) is 0 Å². The zero-order valence-corrected chi connectivity index (χ0v) is 8.01. The fourth-order valence-corrected chi connectivity index (χ4v) is 1.00. The first kappa shape index (κ1) is 12.2. The Morgan fingerprint density at radius 2 is 1.69 bits per heavy atom. The monoisotopic (exact) mass is 252 g/mol. The highest BCUT2D eigenvalue weighted by molar-refractivity contribution is 9.10. The van der Waals surface area contributed by atoms with E-state index >= 15 is 0 Å². The molecule has 0 saturated heterocycles. The molecule has 0 aliphatic heterocycles. The van der Waals surface area contributed by atoms with Crippen LogP contribution in [0.3, 0.4) is 0 Å². The molecular formula is C8H7BrF2O2. The van der Waals surface area contributed by atoms with Crippen molar-refractivity contribution in [3.63, 3.8) is 0 Å². The summed E-state index contributed by atoms with van der Waals surface area (Å²) >= 11 is 3.10. The van der Waals surface area contributed by atoms with Crippen molar-refractivity contribution in [2.24, 2.45) is 0 Å². The molecule has 0 heterocycles. The molecular weight excluding hydrogens is 246 g/mol. The summed E-state index contributed by atoms with van der Waals surface area (Å²) in [5, 5.41) is 0. The minimum absolute atomic E-state index is 0. The SMILES string of the molecule is O.O=CC(F)(F)c1ccc(Br)cc1. The second-order valence-electron chi connectivity index (χ2n) is 2.25. The van der Waals surface area contributed by atoms with Crippen LogP contribution in [-0.4, -0.2) is 11.8 Å². The average Bonchev–Trinajstić information content (AvgIpc) is 2.05. The molecule has 0 amide bonds. The largest absolute Gasteiger partial charge is 0.412 e. The molecule has 0 aliphatic carbocycles. The minimum Gasteiger partial charge on any atom is -0.412 e. The number of aldehydes is 1. The van der Waals surface area contributed by atoms with Gasteiger partial charge in [-0.15, -0.1) is 0 Å². The fraction of sp³-hybridized carbons (Fsp3) is 0.125. The lowest BCUT2D eigenvalue weighted by atomic mass is 10.1. The lowest BCUT2D eigenvalue weighted by Crippen LogP contribution is -2.14. The molecule has 0 unspecified atom stereocenters. The van der Waals surface area contributed by atoms with E-state index in [1.807, 2.05) is 0 Å². The van der Waals surface area contributed by atoms with Crippen LogP contribution < -0.4 is 0 Å². The number of halogens is 3. The summed E-state index contributed by atoms with van der Waals surface area (Å²) in [5.41, 5.74) is -0.291. The van der Waals surface area contributed by atoms with Crippen molar-refractivity contribution >= 4 is 22.2 Å². The van der Waals surface area contributed by atoms with Gasteiger partial charge in [-0.2, -0.15) is 8.78 Å². The Morgan fingerprint density at radius 3 is 2.08 bits per heavy atom. The molecule has 1 rings (SSSR count). The van der Waals surface area contributed by atoms with Crippen LogP contribution in [-0.2, 0) is 10.7 Å². The highest BCUT2D eigenvalue weighted by atomic mass is 79.9. The van der Waals surface area contributed by atoms with Gasteiger partial charge in [-0.25, -0.2) is 0 Å². The molecule has 5 heteroatoms. The Balaban J connectivity index is 0.00000144. The maximum Gasteiger partial charge on any atom is 0.327 e. The summed E-state index contributed by atoms with van der Waals surface area (Å²) in [6.07, 6.45) is -0.365. The minimum atomic E-state index is -3.37. The van der Waals surface area contributed by atoms with E-state index in [0.29, 0.717) is 4.47 Å². The molecule has 0 atom stereocenters. The van der Waals surface area contributed by atoms with Crippen LogP contribution in [0.5, 0.6) is 0 Å². The van der Waals surface area contributed by atoms with Gasteiger partial charge in [-0.3, -0.25) is 4.79 Å². The van der Waals surface area contributed by atoms with Gasteiger partial charge in [0.15, 0.2) is 6.29 Å². The molecule has 2 N–H and O–H groups in total. The topological polar surface area (TPSA) is 48.6 Å². The van der Waals surface area contributed by atoms with E-state index in [9.17, 15) is 13.6 Å². The summed E-state index contributed by atoms with van der Waals surface area (Å²) in [6.45, 7) is 0. The van der Waals surface area contributed by atoms with Crippen LogP contribution in [0.1, 0.15) is 5.56 Å². The highest BCUT2D eigenvalue weighted by Gasteiger charge is 2.30. The molecule has 0 radical (unpaired) electrons. The Bertz CT molecular complexity index is 285. The van der Waals surface area contributed by atoms with Gasteiger partial charge in [0.05, 0.1) is 0 Å². The van der Waals surface area contributed by atoms with E-state index in [1.165, 1.54) is 24.3 Å². The van der Waals surface area contributed by atoms with Crippen molar-refractivity contribution in [2.75, 3.05) is 0 Å². The average molecular weight is 253 g/mol. The van der Waals surface area contributed by atoms with E-state index < -0.39 is 5.92 Å². The number of benzene rings is 1. The molecule has 72 valence electrons. The standard InChI is InChI=1S/C8H5BrF2O.H2O/c9-7-3-1-6(2-4-7)8(10,11)5-12;/h1-5H;1H2. The maximum atomic E-state index is 12.6. The fourth-order valence-electron chi connectivity index (χ4n) is 0.740. The molecule has 1 aromatic carbocycles. The third-order valence-electron chi connectivity index (χ3n) is 1.38. The number of rotatable bonds is 2. The first-order valence-electron chi connectivity index (χ1n) is 3.16. The summed E-state index contributed by atoms with van der Waals surface area (Å²) in [4.78, 5) is 9.95. The van der Waals surface area contributed by atoms with Gasteiger partial charge in [0.2, 0.25) is 0 Å². The Labute approximate surface area is 82.0 Å². The van der Waals surface area contributed by atoms with Gasteiger partial charge >= 0.3 is 5.92 Å². The Morgan fingerprint density at radius 1 is 1.23 bits per heavy atom. The predicted molar refractivity (Wildman–Crippen MR) is 47.7 cm³/mol. The van der Waals surface area contributed by atoms with E-state index in [0.717, 1.165) is 0 Å². The summed E-state index contributed by atoms with van der Waals surface area (Å²) in [7, 11) is 0. The maximum absolute atomic E-state index is 12.6. The quantitative estimate of drug-likeness (QED) is 0.742. The number of hydrogen-bond donors (Lipinski definition) is 0. The first-order chi connectivity index (χ1) is 5.56. The van der Waals surface area contributed by atoms with E-state index in [-0.39, 0.29) is 17.3 Å². The summed E-state index contributed by atoms with van der Waals surface area (Å²) < 4.78 is 26.0. The first-order valence-corrected chi connectivity index (χ1v) is 3.96.